The Balaban J connectivity index is 1.38. The van der Waals surface area contributed by atoms with E-state index >= 15 is 0 Å². The summed E-state index contributed by atoms with van der Waals surface area (Å²) in [6, 6.07) is 12.4. The predicted molar refractivity (Wildman–Crippen MR) is 129 cm³/mol. The van der Waals surface area contributed by atoms with E-state index in [4.69, 9.17) is 0 Å². The first-order chi connectivity index (χ1) is 17.7. The van der Waals surface area contributed by atoms with Crippen LogP contribution in [0.2, 0.25) is 0 Å². The molecule has 3 aromatic rings. The summed E-state index contributed by atoms with van der Waals surface area (Å²) < 4.78 is 52.7. The number of anilines is 1. The van der Waals surface area contributed by atoms with Crippen molar-refractivity contribution < 1.29 is 27.2 Å². The lowest BCUT2D eigenvalue weighted by Crippen LogP contribution is -2.37. The molecule has 5 nitrogen and oxygen atoms in total. The number of rotatable bonds is 4. The fourth-order valence-corrected chi connectivity index (χ4v) is 5.14. The highest BCUT2D eigenvalue weighted by Crippen LogP contribution is 2.35. The second kappa shape index (κ2) is 9.95. The minimum absolute atomic E-state index is 0.178. The Bertz CT molecular complexity index is 1320. The number of amides is 2. The molecule has 1 atom stereocenters. The van der Waals surface area contributed by atoms with Gasteiger partial charge >= 0.3 is 6.18 Å². The zero-order valence-corrected chi connectivity index (χ0v) is 20.0. The van der Waals surface area contributed by atoms with Gasteiger partial charge in [-0.25, -0.2) is 4.39 Å². The van der Waals surface area contributed by atoms with Crippen LogP contribution in [-0.2, 0) is 23.8 Å². The van der Waals surface area contributed by atoms with E-state index in [1.54, 1.807) is 23.1 Å². The molecule has 0 spiro atoms. The normalized spacial score (nSPS) is 17.6. The van der Waals surface area contributed by atoms with Crippen molar-refractivity contribution in [1.82, 2.24) is 9.88 Å². The monoisotopic (exact) mass is 511 g/mol. The number of benzene rings is 2. The highest BCUT2D eigenvalue weighted by atomic mass is 19.4. The summed E-state index contributed by atoms with van der Waals surface area (Å²) in [5.41, 5.74) is 1.87. The van der Waals surface area contributed by atoms with Crippen LogP contribution in [0.25, 0.3) is 0 Å². The third kappa shape index (κ3) is 5.21. The number of carbonyl (C=O) groups is 2. The molecule has 1 aromatic heterocycles. The van der Waals surface area contributed by atoms with Gasteiger partial charge in [-0.05, 0) is 61.1 Å². The minimum Gasteiger partial charge on any atom is -0.332 e. The van der Waals surface area contributed by atoms with Gasteiger partial charge in [0.2, 0.25) is 5.91 Å². The molecule has 0 radical (unpaired) electrons. The number of hydrogen-bond donors (Lipinski definition) is 0. The van der Waals surface area contributed by atoms with Crippen molar-refractivity contribution in [2.45, 2.75) is 44.3 Å². The molecule has 37 heavy (non-hydrogen) atoms. The van der Waals surface area contributed by atoms with Gasteiger partial charge in [0.1, 0.15) is 5.82 Å². The zero-order valence-electron chi connectivity index (χ0n) is 20.0. The molecule has 9 heteroatoms. The van der Waals surface area contributed by atoms with Gasteiger partial charge in [-0.15, -0.1) is 0 Å². The quantitative estimate of drug-likeness (QED) is 0.420. The maximum Gasteiger partial charge on any atom is 0.416 e. The number of alkyl halides is 3. The van der Waals surface area contributed by atoms with Crippen molar-refractivity contribution in [3.05, 3.63) is 94.6 Å². The van der Waals surface area contributed by atoms with Gasteiger partial charge in [0.25, 0.3) is 5.91 Å². The Morgan fingerprint density at radius 1 is 1.00 bits per heavy atom. The van der Waals surface area contributed by atoms with Crippen LogP contribution in [0, 0.1) is 5.82 Å². The maximum absolute atomic E-state index is 13.5. The average molecular weight is 512 g/mol. The number of hydrogen-bond acceptors (Lipinski definition) is 3. The Kier molecular flexibility index (Phi) is 6.70. The molecule has 192 valence electrons. The van der Waals surface area contributed by atoms with Gasteiger partial charge in [-0.3, -0.25) is 14.6 Å². The Labute approximate surface area is 211 Å². The SMILES string of the molecule is O=C(Cc1cccc(C(F)(F)F)c1)N1CCCc2ncc(C(=O)N3CCC[C@@H]3c3ccc(F)cc3)cc21. The van der Waals surface area contributed by atoms with Crippen molar-refractivity contribution in [2.24, 2.45) is 0 Å². The van der Waals surface area contributed by atoms with E-state index < -0.39 is 11.7 Å². The molecule has 0 aliphatic carbocycles. The molecule has 2 aliphatic rings. The van der Waals surface area contributed by atoms with Crippen molar-refractivity contribution in [3.8, 4) is 0 Å². The molecule has 0 bridgehead atoms. The minimum atomic E-state index is -4.49. The van der Waals surface area contributed by atoms with E-state index in [1.807, 2.05) is 0 Å². The second-order valence-corrected chi connectivity index (χ2v) is 9.42. The predicted octanol–water partition coefficient (Wildman–Crippen LogP) is 5.74. The van der Waals surface area contributed by atoms with Gasteiger partial charge in [0, 0.05) is 19.3 Å². The second-order valence-electron chi connectivity index (χ2n) is 9.42. The summed E-state index contributed by atoms with van der Waals surface area (Å²) in [6.07, 6.45) is -0.288. The standard InChI is InChI=1S/C28H25F4N3O2/c29-22-10-8-19(9-11-22)24-7-3-13-35(24)27(37)20-16-25-23(33-17-20)6-2-12-34(25)26(36)15-18-4-1-5-21(14-18)28(30,31)32/h1,4-5,8-11,14,16-17,24H,2-3,6-7,12-13,15H2/t24-/m1/s1. The van der Waals surface area contributed by atoms with Gasteiger partial charge in [-0.1, -0.05) is 30.3 Å². The van der Waals surface area contributed by atoms with Crippen LogP contribution in [0.5, 0.6) is 0 Å². The number of aryl methyl sites for hydroxylation is 1. The molecule has 0 saturated carbocycles. The van der Waals surface area contributed by atoms with Crippen LogP contribution in [0.4, 0.5) is 23.2 Å². The summed E-state index contributed by atoms with van der Waals surface area (Å²) in [5.74, 6) is -0.914. The van der Waals surface area contributed by atoms with Crippen LogP contribution in [0.3, 0.4) is 0 Å². The van der Waals surface area contributed by atoms with Crippen LogP contribution < -0.4 is 4.90 Å². The molecule has 0 unspecified atom stereocenters. The number of fused-ring (bicyclic) bond motifs is 1. The number of carbonyl (C=O) groups excluding carboxylic acids is 2. The Morgan fingerprint density at radius 3 is 2.54 bits per heavy atom. The number of pyridine rings is 1. The van der Waals surface area contributed by atoms with E-state index in [0.29, 0.717) is 42.9 Å². The van der Waals surface area contributed by atoms with Crippen LogP contribution in [0.1, 0.15) is 58.0 Å². The van der Waals surface area contributed by atoms with Crippen LogP contribution in [0.15, 0.2) is 60.8 Å². The molecule has 3 heterocycles. The molecular formula is C28H25F4N3O2. The van der Waals surface area contributed by atoms with Crippen molar-refractivity contribution in [3.63, 3.8) is 0 Å². The fourth-order valence-electron chi connectivity index (χ4n) is 5.14. The highest BCUT2D eigenvalue weighted by Gasteiger charge is 2.33. The Morgan fingerprint density at radius 2 is 1.78 bits per heavy atom. The third-order valence-electron chi connectivity index (χ3n) is 6.96. The molecule has 0 N–H and O–H groups in total. The van der Waals surface area contributed by atoms with E-state index in [-0.39, 0.29) is 35.7 Å². The largest absolute Gasteiger partial charge is 0.416 e. The molecule has 2 aromatic carbocycles. The van der Waals surface area contributed by atoms with Crippen LogP contribution >= 0.6 is 0 Å². The van der Waals surface area contributed by atoms with E-state index in [1.165, 1.54) is 35.4 Å². The molecule has 5 rings (SSSR count). The summed E-state index contributed by atoms with van der Waals surface area (Å²) >= 11 is 0. The molecule has 1 fully saturated rings. The van der Waals surface area contributed by atoms with Crippen molar-refractivity contribution >= 4 is 17.5 Å². The van der Waals surface area contributed by atoms with Crippen LogP contribution in [-0.4, -0.2) is 34.8 Å². The number of likely N-dealkylation sites (tertiary alicyclic amines) is 1. The van der Waals surface area contributed by atoms with Gasteiger partial charge in [0.05, 0.1) is 35.0 Å². The summed E-state index contributed by atoms with van der Waals surface area (Å²) in [7, 11) is 0. The number of aromatic nitrogens is 1. The average Bonchev–Trinajstić information content (AvgIpc) is 3.37. The molecule has 2 amide bonds. The lowest BCUT2D eigenvalue weighted by atomic mass is 10.0. The van der Waals surface area contributed by atoms with Crippen molar-refractivity contribution in [2.75, 3.05) is 18.0 Å². The summed E-state index contributed by atoms with van der Waals surface area (Å²) in [6.45, 7) is 0.947. The first-order valence-electron chi connectivity index (χ1n) is 12.2. The van der Waals surface area contributed by atoms with Gasteiger partial charge < -0.3 is 9.80 Å². The number of nitrogens with zero attached hydrogens (tertiary/aromatic N) is 3. The van der Waals surface area contributed by atoms with E-state index in [9.17, 15) is 27.2 Å². The molecule has 1 saturated heterocycles. The molecule has 2 aliphatic heterocycles. The first kappa shape index (κ1) is 24.9. The lowest BCUT2D eigenvalue weighted by Gasteiger charge is -2.30. The van der Waals surface area contributed by atoms with E-state index in [2.05, 4.69) is 4.98 Å². The smallest absolute Gasteiger partial charge is 0.332 e. The third-order valence-corrected chi connectivity index (χ3v) is 6.96. The highest BCUT2D eigenvalue weighted by molar-refractivity contribution is 5.99. The van der Waals surface area contributed by atoms with Gasteiger partial charge in [-0.2, -0.15) is 13.2 Å². The lowest BCUT2D eigenvalue weighted by molar-refractivity contribution is -0.137. The Hall–Kier alpha value is -3.75. The molecular weight excluding hydrogens is 486 g/mol. The van der Waals surface area contributed by atoms with Gasteiger partial charge in [0.15, 0.2) is 0 Å². The summed E-state index contributed by atoms with van der Waals surface area (Å²) in [5, 5.41) is 0. The number of halogens is 4. The van der Waals surface area contributed by atoms with Crippen molar-refractivity contribution in [1.29, 1.82) is 0 Å². The maximum atomic E-state index is 13.5. The zero-order chi connectivity index (χ0) is 26.2. The first-order valence-corrected chi connectivity index (χ1v) is 12.2. The van der Waals surface area contributed by atoms with E-state index in [0.717, 1.165) is 30.5 Å². The summed E-state index contributed by atoms with van der Waals surface area (Å²) in [4.78, 5) is 34.4. The fraction of sp³-hybridized carbons (Fsp3) is 0.321. The topological polar surface area (TPSA) is 53.5 Å².